The van der Waals surface area contributed by atoms with Crippen molar-refractivity contribution in [1.29, 1.82) is 5.26 Å². The van der Waals surface area contributed by atoms with Crippen molar-refractivity contribution in [2.45, 2.75) is 0 Å². The molecule has 0 heterocycles. The number of fused-ring (bicyclic) bond motifs is 1. The third-order valence-corrected chi connectivity index (χ3v) is 2.59. The largest absolute Gasteiger partial charge is 0.396 e. The van der Waals surface area contributed by atoms with E-state index in [9.17, 15) is 0 Å². The van der Waals surface area contributed by atoms with Gasteiger partial charge in [-0.2, -0.15) is 5.26 Å². The van der Waals surface area contributed by atoms with E-state index in [0.717, 1.165) is 16.3 Å². The topological polar surface area (TPSA) is 87.9 Å². The van der Waals surface area contributed by atoms with E-state index in [-0.39, 0.29) is 5.70 Å². The van der Waals surface area contributed by atoms with E-state index in [0.29, 0.717) is 5.70 Å². The fourth-order valence-electron chi connectivity index (χ4n) is 1.67. The first kappa shape index (κ1) is 11.0. The number of hydrazine groups is 1. The molecule has 2 rings (SSSR count). The number of hydrogen-bond donors (Lipinski definition) is 3. The van der Waals surface area contributed by atoms with Crippen molar-refractivity contribution in [1.82, 2.24) is 5.43 Å². The van der Waals surface area contributed by atoms with Gasteiger partial charge in [0.25, 0.3) is 0 Å². The monoisotopic (exact) mass is 224 g/mol. The molecule has 2 aromatic rings. The summed E-state index contributed by atoms with van der Waals surface area (Å²) in [7, 11) is 0. The van der Waals surface area contributed by atoms with Crippen molar-refractivity contribution in [2.24, 2.45) is 11.6 Å². The van der Waals surface area contributed by atoms with Gasteiger partial charge in [0.05, 0.1) is 5.70 Å². The molecule has 0 spiro atoms. The van der Waals surface area contributed by atoms with Crippen LogP contribution in [0.4, 0.5) is 0 Å². The lowest BCUT2D eigenvalue weighted by molar-refractivity contribution is 0.920. The fourth-order valence-corrected chi connectivity index (χ4v) is 1.67. The highest BCUT2D eigenvalue weighted by molar-refractivity contribution is 5.86. The van der Waals surface area contributed by atoms with Crippen LogP contribution in [0.3, 0.4) is 0 Å². The molecular formula is C13H12N4. The summed E-state index contributed by atoms with van der Waals surface area (Å²) in [5.74, 6) is 5.22. The first-order valence-corrected chi connectivity index (χ1v) is 5.12. The maximum absolute atomic E-state index is 8.84. The summed E-state index contributed by atoms with van der Waals surface area (Å²) in [6.07, 6.45) is 0. The van der Waals surface area contributed by atoms with Gasteiger partial charge in [0.2, 0.25) is 0 Å². The number of nitrogens with zero attached hydrogens (tertiary/aromatic N) is 1. The number of benzene rings is 2. The smallest absolute Gasteiger partial charge is 0.151 e. The Morgan fingerprint density at radius 2 is 1.82 bits per heavy atom. The van der Waals surface area contributed by atoms with E-state index in [4.69, 9.17) is 16.8 Å². The molecule has 4 heteroatoms. The van der Waals surface area contributed by atoms with Crippen molar-refractivity contribution >= 4 is 16.5 Å². The molecule has 0 saturated heterocycles. The molecule has 0 radical (unpaired) electrons. The first-order valence-electron chi connectivity index (χ1n) is 5.12. The Morgan fingerprint density at radius 3 is 2.47 bits per heavy atom. The van der Waals surface area contributed by atoms with Crippen LogP contribution in [0.5, 0.6) is 0 Å². The minimum absolute atomic E-state index is 0.167. The molecule has 0 aliphatic rings. The van der Waals surface area contributed by atoms with E-state index < -0.39 is 0 Å². The van der Waals surface area contributed by atoms with E-state index in [1.165, 1.54) is 0 Å². The van der Waals surface area contributed by atoms with E-state index in [1.807, 2.05) is 48.5 Å². The third-order valence-electron chi connectivity index (χ3n) is 2.59. The highest BCUT2D eigenvalue weighted by Gasteiger charge is 2.04. The van der Waals surface area contributed by atoms with Gasteiger partial charge in [-0.05, 0) is 16.8 Å². The molecule has 17 heavy (non-hydrogen) atoms. The standard InChI is InChI=1S/C13H12N4/c14-8-12(17-16)13(15)11-6-5-9-3-1-2-4-10(9)7-11/h1-7,17H,15-16H2/b13-12-. The molecule has 0 unspecified atom stereocenters. The maximum atomic E-state index is 8.84. The average Bonchev–Trinajstić information content (AvgIpc) is 2.39. The van der Waals surface area contributed by atoms with Gasteiger partial charge in [-0.15, -0.1) is 0 Å². The third kappa shape index (κ3) is 2.05. The van der Waals surface area contributed by atoms with Crippen LogP contribution < -0.4 is 17.0 Å². The van der Waals surface area contributed by atoms with Crippen LogP contribution >= 0.6 is 0 Å². The minimum Gasteiger partial charge on any atom is -0.396 e. The predicted octanol–water partition coefficient (Wildman–Crippen LogP) is 1.45. The second-order valence-electron chi connectivity index (χ2n) is 3.61. The Kier molecular flexibility index (Phi) is 2.95. The molecule has 5 N–H and O–H groups in total. The summed E-state index contributed by atoms with van der Waals surface area (Å²) >= 11 is 0. The number of nitrogens with two attached hydrogens (primary N) is 2. The molecule has 84 valence electrons. The lowest BCUT2D eigenvalue weighted by Crippen LogP contribution is -2.23. The number of allylic oxidation sites excluding steroid dienone is 1. The zero-order chi connectivity index (χ0) is 12.3. The van der Waals surface area contributed by atoms with Gasteiger partial charge in [-0.3, -0.25) is 0 Å². The van der Waals surface area contributed by atoms with Crippen LogP contribution in [0.1, 0.15) is 5.56 Å². The quantitative estimate of drug-likeness (QED) is 0.409. The average molecular weight is 224 g/mol. The van der Waals surface area contributed by atoms with Crippen LogP contribution in [0.25, 0.3) is 16.5 Å². The highest BCUT2D eigenvalue weighted by atomic mass is 15.2. The molecule has 2 aromatic carbocycles. The molecule has 0 amide bonds. The Morgan fingerprint density at radius 1 is 1.12 bits per heavy atom. The molecule has 0 atom stereocenters. The Hall–Kier alpha value is -2.51. The Labute approximate surface area is 99.1 Å². The maximum Gasteiger partial charge on any atom is 0.151 e. The molecule has 0 aliphatic carbocycles. The molecule has 0 aromatic heterocycles. The van der Waals surface area contributed by atoms with Crippen LogP contribution in [0.15, 0.2) is 48.2 Å². The van der Waals surface area contributed by atoms with Crippen molar-refractivity contribution < 1.29 is 0 Å². The zero-order valence-electron chi connectivity index (χ0n) is 9.14. The molecular weight excluding hydrogens is 212 g/mol. The molecule has 0 saturated carbocycles. The van der Waals surface area contributed by atoms with Crippen molar-refractivity contribution in [3.05, 3.63) is 53.7 Å². The molecule has 0 bridgehead atoms. The van der Waals surface area contributed by atoms with Crippen LogP contribution in [-0.2, 0) is 0 Å². The van der Waals surface area contributed by atoms with Gasteiger partial charge in [0.15, 0.2) is 5.70 Å². The van der Waals surface area contributed by atoms with Gasteiger partial charge in [0, 0.05) is 5.56 Å². The zero-order valence-corrected chi connectivity index (χ0v) is 9.14. The number of rotatable bonds is 2. The van der Waals surface area contributed by atoms with E-state index >= 15 is 0 Å². The SMILES string of the molecule is N#C/C(NN)=C(/N)c1ccc2ccccc2c1. The lowest BCUT2D eigenvalue weighted by Gasteiger charge is -2.06. The lowest BCUT2D eigenvalue weighted by atomic mass is 10.0. The van der Waals surface area contributed by atoms with E-state index in [2.05, 4.69) is 5.43 Å². The summed E-state index contributed by atoms with van der Waals surface area (Å²) in [6, 6.07) is 15.6. The van der Waals surface area contributed by atoms with Crippen LogP contribution in [-0.4, -0.2) is 0 Å². The molecule has 4 nitrogen and oxygen atoms in total. The molecule has 0 fully saturated rings. The van der Waals surface area contributed by atoms with Crippen molar-refractivity contribution in [3.8, 4) is 6.07 Å². The summed E-state index contributed by atoms with van der Waals surface area (Å²) in [5.41, 5.74) is 9.45. The summed E-state index contributed by atoms with van der Waals surface area (Å²) in [6.45, 7) is 0. The number of hydrogen-bond acceptors (Lipinski definition) is 4. The number of nitriles is 1. The predicted molar refractivity (Wildman–Crippen MR) is 68.0 cm³/mol. The van der Waals surface area contributed by atoms with Crippen molar-refractivity contribution in [2.75, 3.05) is 0 Å². The summed E-state index contributed by atoms with van der Waals surface area (Å²) in [5, 5.41) is 11.0. The normalized spacial score (nSPS) is 11.8. The van der Waals surface area contributed by atoms with Crippen LogP contribution in [0.2, 0.25) is 0 Å². The second-order valence-corrected chi connectivity index (χ2v) is 3.61. The van der Waals surface area contributed by atoms with Gasteiger partial charge in [-0.25, -0.2) is 5.84 Å². The van der Waals surface area contributed by atoms with Gasteiger partial charge >= 0.3 is 0 Å². The summed E-state index contributed by atoms with van der Waals surface area (Å²) < 4.78 is 0. The number of nitrogens with one attached hydrogen (secondary N) is 1. The van der Waals surface area contributed by atoms with Gasteiger partial charge in [0.1, 0.15) is 6.07 Å². The summed E-state index contributed by atoms with van der Waals surface area (Å²) in [4.78, 5) is 0. The van der Waals surface area contributed by atoms with Gasteiger partial charge in [-0.1, -0.05) is 36.4 Å². The Balaban J connectivity index is 2.58. The van der Waals surface area contributed by atoms with Crippen LogP contribution in [0, 0.1) is 11.3 Å². The molecule has 0 aliphatic heterocycles. The van der Waals surface area contributed by atoms with Crippen molar-refractivity contribution in [3.63, 3.8) is 0 Å². The Bertz CT molecular complexity index is 623. The second kappa shape index (κ2) is 4.56. The minimum atomic E-state index is 0.167. The first-order chi connectivity index (χ1) is 8.26. The fraction of sp³-hybridized carbons (Fsp3) is 0. The van der Waals surface area contributed by atoms with E-state index in [1.54, 1.807) is 0 Å². The van der Waals surface area contributed by atoms with Gasteiger partial charge < -0.3 is 11.2 Å². The highest BCUT2D eigenvalue weighted by Crippen LogP contribution is 2.19.